The van der Waals surface area contributed by atoms with Gasteiger partial charge in [0.2, 0.25) is 0 Å². The maximum atomic E-state index is 11.3. The van der Waals surface area contributed by atoms with Gasteiger partial charge in [-0.15, -0.1) is 0 Å². The number of carbonyl (C=O) groups excluding carboxylic acids is 1. The van der Waals surface area contributed by atoms with Gasteiger partial charge in [0.15, 0.2) is 0 Å². The van der Waals surface area contributed by atoms with Crippen molar-refractivity contribution in [3.05, 3.63) is 23.8 Å². The summed E-state index contributed by atoms with van der Waals surface area (Å²) in [5.41, 5.74) is 7.89. The standard InChI is InChI=1S/C10H15N3O/c1-12-10(14)7-4-5-9(13(2)3)8(11)6-7/h4-6H,11H2,1-3H3,(H,12,14). The minimum Gasteiger partial charge on any atom is -0.397 e. The van der Waals surface area contributed by atoms with Crippen LogP contribution in [0.5, 0.6) is 0 Å². The van der Waals surface area contributed by atoms with Crippen molar-refractivity contribution in [1.29, 1.82) is 0 Å². The highest BCUT2D eigenvalue weighted by Crippen LogP contribution is 2.21. The topological polar surface area (TPSA) is 58.4 Å². The van der Waals surface area contributed by atoms with Crippen LogP contribution in [0.1, 0.15) is 10.4 Å². The molecule has 0 spiro atoms. The van der Waals surface area contributed by atoms with Crippen LogP contribution in [0.3, 0.4) is 0 Å². The van der Waals surface area contributed by atoms with Gasteiger partial charge in [0.05, 0.1) is 11.4 Å². The van der Waals surface area contributed by atoms with Crippen LogP contribution in [0.25, 0.3) is 0 Å². The first-order valence-electron chi connectivity index (χ1n) is 4.35. The summed E-state index contributed by atoms with van der Waals surface area (Å²) in [5.74, 6) is -0.123. The van der Waals surface area contributed by atoms with E-state index in [2.05, 4.69) is 5.32 Å². The number of anilines is 2. The number of amides is 1. The molecule has 0 fully saturated rings. The molecule has 1 aromatic rings. The van der Waals surface area contributed by atoms with E-state index in [4.69, 9.17) is 5.73 Å². The summed E-state index contributed by atoms with van der Waals surface area (Å²) in [7, 11) is 5.41. The zero-order chi connectivity index (χ0) is 10.7. The zero-order valence-electron chi connectivity index (χ0n) is 8.66. The van der Waals surface area contributed by atoms with E-state index in [0.717, 1.165) is 5.69 Å². The third kappa shape index (κ3) is 1.96. The fourth-order valence-electron chi connectivity index (χ4n) is 1.25. The first-order chi connectivity index (χ1) is 6.56. The average molecular weight is 193 g/mol. The molecule has 0 aliphatic rings. The molecule has 0 heterocycles. The molecule has 0 aliphatic carbocycles. The molecule has 1 amide bonds. The van der Waals surface area contributed by atoms with Crippen molar-refractivity contribution in [2.45, 2.75) is 0 Å². The van der Waals surface area contributed by atoms with Gasteiger partial charge in [0.1, 0.15) is 0 Å². The quantitative estimate of drug-likeness (QED) is 0.679. The van der Waals surface area contributed by atoms with Gasteiger partial charge in [0.25, 0.3) is 5.91 Å². The van der Waals surface area contributed by atoms with Crippen LogP contribution in [0.2, 0.25) is 0 Å². The smallest absolute Gasteiger partial charge is 0.251 e. The van der Waals surface area contributed by atoms with Crippen molar-refractivity contribution in [2.24, 2.45) is 0 Å². The molecule has 0 saturated carbocycles. The number of benzene rings is 1. The lowest BCUT2D eigenvalue weighted by Crippen LogP contribution is -2.18. The molecule has 0 atom stereocenters. The van der Waals surface area contributed by atoms with E-state index in [9.17, 15) is 4.79 Å². The molecule has 0 radical (unpaired) electrons. The molecule has 0 aromatic heterocycles. The predicted octanol–water partition coefficient (Wildman–Crippen LogP) is 0.694. The summed E-state index contributed by atoms with van der Waals surface area (Å²) >= 11 is 0. The van der Waals surface area contributed by atoms with E-state index in [0.29, 0.717) is 11.3 Å². The number of carbonyl (C=O) groups is 1. The SMILES string of the molecule is CNC(=O)c1ccc(N(C)C)c(N)c1. The Balaban J connectivity index is 3.06. The lowest BCUT2D eigenvalue weighted by Gasteiger charge is -2.15. The first-order valence-corrected chi connectivity index (χ1v) is 4.35. The van der Waals surface area contributed by atoms with Gasteiger partial charge in [0, 0.05) is 26.7 Å². The summed E-state index contributed by atoms with van der Waals surface area (Å²) in [5, 5.41) is 2.55. The van der Waals surface area contributed by atoms with Gasteiger partial charge in [-0.05, 0) is 18.2 Å². The third-order valence-corrected chi connectivity index (χ3v) is 2.00. The second-order valence-electron chi connectivity index (χ2n) is 3.25. The van der Waals surface area contributed by atoms with Gasteiger partial charge in [-0.2, -0.15) is 0 Å². The normalized spacial score (nSPS) is 9.64. The Morgan fingerprint density at radius 3 is 2.50 bits per heavy atom. The van der Waals surface area contributed by atoms with Crippen molar-refractivity contribution in [3.8, 4) is 0 Å². The number of nitrogens with zero attached hydrogens (tertiary/aromatic N) is 1. The highest BCUT2D eigenvalue weighted by atomic mass is 16.1. The fourth-order valence-corrected chi connectivity index (χ4v) is 1.25. The van der Waals surface area contributed by atoms with Crippen LogP contribution in [-0.4, -0.2) is 27.1 Å². The molecular formula is C10H15N3O. The number of nitrogen functional groups attached to an aromatic ring is 1. The summed E-state index contributed by atoms with van der Waals surface area (Å²) < 4.78 is 0. The summed E-state index contributed by atoms with van der Waals surface area (Å²) in [4.78, 5) is 13.2. The molecule has 3 N–H and O–H groups in total. The number of nitrogens with one attached hydrogen (secondary N) is 1. The van der Waals surface area contributed by atoms with Gasteiger partial charge in [-0.1, -0.05) is 0 Å². The Labute approximate surface area is 83.7 Å². The van der Waals surface area contributed by atoms with Gasteiger partial charge < -0.3 is 16.0 Å². The predicted molar refractivity (Wildman–Crippen MR) is 58.6 cm³/mol. The van der Waals surface area contributed by atoms with Gasteiger partial charge in [-0.25, -0.2) is 0 Å². The summed E-state index contributed by atoms with van der Waals surface area (Å²) in [6, 6.07) is 5.26. The minimum absolute atomic E-state index is 0.123. The van der Waals surface area contributed by atoms with E-state index in [1.54, 1.807) is 19.2 Å². The Morgan fingerprint density at radius 1 is 1.43 bits per heavy atom. The maximum Gasteiger partial charge on any atom is 0.251 e. The lowest BCUT2D eigenvalue weighted by molar-refractivity contribution is 0.0963. The average Bonchev–Trinajstić information content (AvgIpc) is 2.15. The maximum absolute atomic E-state index is 11.3. The second-order valence-corrected chi connectivity index (χ2v) is 3.25. The van der Waals surface area contributed by atoms with Crippen LogP contribution in [0, 0.1) is 0 Å². The Kier molecular flexibility index (Phi) is 2.96. The molecule has 1 rings (SSSR count). The van der Waals surface area contributed by atoms with Crippen LogP contribution in [0.4, 0.5) is 11.4 Å². The van der Waals surface area contributed by atoms with Crippen LogP contribution >= 0.6 is 0 Å². The largest absolute Gasteiger partial charge is 0.397 e. The monoisotopic (exact) mass is 193 g/mol. The molecular weight excluding hydrogens is 178 g/mol. The third-order valence-electron chi connectivity index (χ3n) is 2.00. The van der Waals surface area contributed by atoms with Crippen LogP contribution in [0.15, 0.2) is 18.2 Å². The van der Waals surface area contributed by atoms with Crippen molar-refractivity contribution < 1.29 is 4.79 Å². The molecule has 14 heavy (non-hydrogen) atoms. The number of hydrogen-bond acceptors (Lipinski definition) is 3. The Hall–Kier alpha value is -1.71. The number of rotatable bonds is 2. The number of nitrogens with two attached hydrogens (primary N) is 1. The molecule has 4 heteroatoms. The lowest BCUT2D eigenvalue weighted by atomic mass is 10.1. The van der Waals surface area contributed by atoms with Gasteiger partial charge in [-0.3, -0.25) is 4.79 Å². The van der Waals surface area contributed by atoms with E-state index in [1.165, 1.54) is 0 Å². The zero-order valence-corrected chi connectivity index (χ0v) is 8.66. The highest BCUT2D eigenvalue weighted by Gasteiger charge is 2.06. The molecule has 76 valence electrons. The second kappa shape index (κ2) is 4.00. The van der Waals surface area contributed by atoms with E-state index in [1.807, 2.05) is 25.1 Å². The van der Waals surface area contributed by atoms with Crippen molar-refractivity contribution in [2.75, 3.05) is 31.8 Å². The van der Waals surface area contributed by atoms with Crippen LogP contribution in [-0.2, 0) is 0 Å². The molecule has 4 nitrogen and oxygen atoms in total. The minimum atomic E-state index is -0.123. The van der Waals surface area contributed by atoms with E-state index in [-0.39, 0.29) is 5.91 Å². The summed E-state index contributed by atoms with van der Waals surface area (Å²) in [6.45, 7) is 0. The van der Waals surface area contributed by atoms with E-state index < -0.39 is 0 Å². The molecule has 1 aromatic carbocycles. The first kappa shape index (κ1) is 10.4. The Bertz CT molecular complexity index is 347. The summed E-state index contributed by atoms with van der Waals surface area (Å²) in [6.07, 6.45) is 0. The number of hydrogen-bond donors (Lipinski definition) is 2. The van der Waals surface area contributed by atoms with Crippen molar-refractivity contribution in [3.63, 3.8) is 0 Å². The van der Waals surface area contributed by atoms with E-state index >= 15 is 0 Å². The molecule has 0 unspecified atom stereocenters. The molecule has 0 aliphatic heterocycles. The van der Waals surface area contributed by atoms with Crippen LogP contribution < -0.4 is 16.0 Å². The Morgan fingerprint density at radius 2 is 2.07 bits per heavy atom. The molecule has 0 bridgehead atoms. The fraction of sp³-hybridized carbons (Fsp3) is 0.300. The van der Waals surface area contributed by atoms with Crippen molar-refractivity contribution in [1.82, 2.24) is 5.32 Å². The van der Waals surface area contributed by atoms with Crippen molar-refractivity contribution >= 4 is 17.3 Å². The van der Waals surface area contributed by atoms with Gasteiger partial charge >= 0.3 is 0 Å². The highest BCUT2D eigenvalue weighted by molar-refractivity contribution is 5.95. The molecule has 0 saturated heterocycles.